The van der Waals surface area contributed by atoms with Gasteiger partial charge in [-0.15, -0.1) is 0 Å². The Morgan fingerprint density at radius 1 is 1.13 bits per heavy atom. The van der Waals surface area contributed by atoms with Crippen LogP contribution in [0.1, 0.15) is 47.3 Å². The van der Waals surface area contributed by atoms with Crippen LogP contribution in [0, 0.1) is 5.92 Å². The molecular weight excluding hydrogens is 400 g/mol. The van der Waals surface area contributed by atoms with Crippen molar-refractivity contribution in [3.8, 4) is 0 Å². The van der Waals surface area contributed by atoms with E-state index in [1.807, 2.05) is 18.2 Å². The molecule has 3 atom stereocenters. The molecule has 1 aromatic heterocycles. The largest absolute Gasteiger partial charge is 0.341 e. The van der Waals surface area contributed by atoms with Crippen molar-refractivity contribution in [1.82, 2.24) is 14.9 Å². The van der Waals surface area contributed by atoms with Gasteiger partial charge in [0.15, 0.2) is 9.84 Å². The van der Waals surface area contributed by atoms with E-state index in [-0.39, 0.29) is 24.1 Å². The molecule has 3 aliphatic rings. The highest BCUT2D eigenvalue weighted by Gasteiger charge is 2.48. The summed E-state index contributed by atoms with van der Waals surface area (Å²) < 4.78 is 25.9. The van der Waals surface area contributed by atoms with E-state index in [9.17, 15) is 13.2 Å². The van der Waals surface area contributed by atoms with Crippen LogP contribution in [0.15, 0.2) is 36.5 Å². The van der Waals surface area contributed by atoms with Gasteiger partial charge >= 0.3 is 0 Å². The molecule has 8 heteroatoms. The Hall–Kier alpha value is -2.48. The SMILES string of the molecule is CC1CCCN(c2ncc3c(n2)[C@H]2CN(C(=O)c4ccccc4)C[C@H]2S(=O)(=O)C3)C1. The van der Waals surface area contributed by atoms with Crippen molar-refractivity contribution in [2.45, 2.75) is 36.7 Å². The maximum absolute atomic E-state index is 13.0. The van der Waals surface area contributed by atoms with Gasteiger partial charge in [-0.2, -0.15) is 0 Å². The molecule has 158 valence electrons. The van der Waals surface area contributed by atoms with Gasteiger partial charge in [0.2, 0.25) is 5.95 Å². The second-order valence-corrected chi connectivity index (χ2v) is 11.0. The van der Waals surface area contributed by atoms with Crippen molar-refractivity contribution in [3.63, 3.8) is 0 Å². The standard InChI is InChI=1S/C22H26N4O3S/c1-15-6-5-9-25(11-15)22-23-10-17-14-30(28,29)19-13-26(12-18(19)20(17)24-22)21(27)16-7-3-2-4-8-16/h2-4,7-8,10,15,18-19H,5-6,9,11-14H2,1H3/t15?,18-,19+/m0/s1. The molecule has 7 nitrogen and oxygen atoms in total. The van der Waals surface area contributed by atoms with E-state index in [4.69, 9.17) is 4.98 Å². The molecule has 0 saturated carbocycles. The lowest BCUT2D eigenvalue weighted by Crippen LogP contribution is -2.38. The number of amides is 1. The first-order chi connectivity index (χ1) is 14.4. The number of fused-ring (bicyclic) bond motifs is 3. The van der Waals surface area contributed by atoms with Crippen LogP contribution in [-0.4, -0.2) is 60.6 Å². The molecule has 1 aromatic carbocycles. The van der Waals surface area contributed by atoms with E-state index < -0.39 is 15.1 Å². The quantitative estimate of drug-likeness (QED) is 0.732. The highest BCUT2D eigenvalue weighted by molar-refractivity contribution is 7.91. The minimum atomic E-state index is -3.36. The van der Waals surface area contributed by atoms with E-state index in [0.717, 1.165) is 25.2 Å². The maximum Gasteiger partial charge on any atom is 0.253 e. The van der Waals surface area contributed by atoms with Gasteiger partial charge in [-0.05, 0) is 30.9 Å². The smallest absolute Gasteiger partial charge is 0.253 e. The number of aromatic nitrogens is 2. The Kier molecular flexibility index (Phi) is 4.76. The minimum Gasteiger partial charge on any atom is -0.341 e. The molecule has 3 aliphatic heterocycles. The average Bonchev–Trinajstić information content (AvgIpc) is 3.20. The first-order valence-corrected chi connectivity index (χ1v) is 12.3. The predicted octanol–water partition coefficient (Wildman–Crippen LogP) is 2.25. The van der Waals surface area contributed by atoms with Gasteiger partial charge in [0.05, 0.1) is 16.7 Å². The zero-order valence-electron chi connectivity index (χ0n) is 17.1. The first kappa shape index (κ1) is 19.5. The number of carbonyl (C=O) groups excluding carboxylic acids is 1. The van der Waals surface area contributed by atoms with Crippen LogP contribution in [0.5, 0.6) is 0 Å². The number of anilines is 1. The number of rotatable bonds is 2. The average molecular weight is 427 g/mol. The third-order valence-corrected chi connectivity index (χ3v) is 8.68. The number of likely N-dealkylation sites (tertiary alicyclic amines) is 1. The van der Waals surface area contributed by atoms with Gasteiger partial charge in [-0.25, -0.2) is 18.4 Å². The zero-order valence-corrected chi connectivity index (χ0v) is 17.9. The van der Waals surface area contributed by atoms with E-state index in [1.165, 1.54) is 6.42 Å². The van der Waals surface area contributed by atoms with E-state index in [0.29, 0.717) is 29.5 Å². The van der Waals surface area contributed by atoms with Gasteiger partial charge in [0, 0.05) is 49.4 Å². The van der Waals surface area contributed by atoms with Crippen LogP contribution < -0.4 is 4.90 Å². The van der Waals surface area contributed by atoms with Crippen LogP contribution >= 0.6 is 0 Å². The molecule has 1 amide bonds. The second kappa shape index (κ2) is 7.34. The maximum atomic E-state index is 13.0. The van der Waals surface area contributed by atoms with Crippen molar-refractivity contribution in [2.75, 3.05) is 31.1 Å². The van der Waals surface area contributed by atoms with Crippen LogP contribution in [-0.2, 0) is 15.6 Å². The Bertz CT molecular complexity index is 1070. The van der Waals surface area contributed by atoms with Crippen LogP contribution in [0.3, 0.4) is 0 Å². The number of piperidine rings is 1. The van der Waals surface area contributed by atoms with Gasteiger partial charge in [-0.1, -0.05) is 25.1 Å². The molecule has 5 rings (SSSR count). The monoisotopic (exact) mass is 426 g/mol. The molecule has 1 unspecified atom stereocenters. The molecular formula is C22H26N4O3S. The van der Waals surface area contributed by atoms with Crippen molar-refractivity contribution in [1.29, 1.82) is 0 Å². The highest BCUT2D eigenvalue weighted by atomic mass is 32.2. The summed E-state index contributed by atoms with van der Waals surface area (Å²) >= 11 is 0. The molecule has 0 radical (unpaired) electrons. The predicted molar refractivity (Wildman–Crippen MR) is 114 cm³/mol. The Balaban J connectivity index is 1.47. The fraction of sp³-hybridized carbons (Fsp3) is 0.500. The summed E-state index contributed by atoms with van der Waals surface area (Å²) in [5.74, 6) is 0.813. The summed E-state index contributed by atoms with van der Waals surface area (Å²) in [6.07, 6.45) is 4.01. The third kappa shape index (κ3) is 3.37. The molecule has 0 bridgehead atoms. The highest BCUT2D eigenvalue weighted by Crippen LogP contribution is 2.40. The van der Waals surface area contributed by atoms with Crippen LogP contribution in [0.4, 0.5) is 5.95 Å². The van der Waals surface area contributed by atoms with Crippen LogP contribution in [0.25, 0.3) is 0 Å². The summed E-state index contributed by atoms with van der Waals surface area (Å²) in [6, 6.07) is 9.04. The zero-order chi connectivity index (χ0) is 20.9. The summed E-state index contributed by atoms with van der Waals surface area (Å²) in [5, 5.41) is -0.597. The number of nitrogens with zero attached hydrogens (tertiary/aromatic N) is 4. The van der Waals surface area contributed by atoms with Crippen molar-refractivity contribution < 1.29 is 13.2 Å². The summed E-state index contributed by atoms with van der Waals surface area (Å²) in [5.41, 5.74) is 2.07. The first-order valence-electron chi connectivity index (χ1n) is 10.6. The lowest BCUT2D eigenvalue weighted by Gasteiger charge is -2.32. The Morgan fingerprint density at radius 3 is 2.70 bits per heavy atom. The van der Waals surface area contributed by atoms with E-state index in [2.05, 4.69) is 16.8 Å². The lowest BCUT2D eigenvalue weighted by molar-refractivity contribution is 0.0791. The lowest BCUT2D eigenvalue weighted by atomic mass is 9.99. The van der Waals surface area contributed by atoms with Crippen LogP contribution in [0.2, 0.25) is 0 Å². The van der Waals surface area contributed by atoms with Crippen molar-refractivity contribution in [2.24, 2.45) is 5.92 Å². The van der Waals surface area contributed by atoms with Crippen molar-refractivity contribution in [3.05, 3.63) is 53.3 Å². The number of benzene rings is 1. The van der Waals surface area contributed by atoms with Crippen molar-refractivity contribution >= 4 is 21.7 Å². The second-order valence-electron chi connectivity index (χ2n) is 8.80. The molecule has 0 spiro atoms. The number of sulfone groups is 1. The van der Waals surface area contributed by atoms with E-state index >= 15 is 0 Å². The number of hydrogen-bond acceptors (Lipinski definition) is 6. The summed E-state index contributed by atoms with van der Waals surface area (Å²) in [4.78, 5) is 26.2. The summed E-state index contributed by atoms with van der Waals surface area (Å²) in [6.45, 7) is 4.67. The normalized spacial score (nSPS) is 27.4. The van der Waals surface area contributed by atoms with Gasteiger partial charge in [0.25, 0.3) is 5.91 Å². The minimum absolute atomic E-state index is 0.0481. The topological polar surface area (TPSA) is 83.5 Å². The van der Waals surface area contributed by atoms with Gasteiger partial charge < -0.3 is 9.80 Å². The molecule has 30 heavy (non-hydrogen) atoms. The number of hydrogen-bond donors (Lipinski definition) is 0. The Labute approximate surface area is 177 Å². The molecule has 4 heterocycles. The van der Waals surface area contributed by atoms with Gasteiger partial charge in [0.1, 0.15) is 0 Å². The Morgan fingerprint density at radius 2 is 1.93 bits per heavy atom. The molecule has 0 aliphatic carbocycles. The summed E-state index contributed by atoms with van der Waals surface area (Å²) in [7, 11) is -3.36. The number of carbonyl (C=O) groups is 1. The third-order valence-electron chi connectivity index (χ3n) is 6.57. The molecule has 2 fully saturated rings. The molecule has 2 aromatic rings. The fourth-order valence-corrected chi connectivity index (χ4v) is 7.01. The van der Waals surface area contributed by atoms with E-state index in [1.54, 1.807) is 23.2 Å². The molecule has 2 saturated heterocycles. The van der Waals surface area contributed by atoms with Gasteiger partial charge in [-0.3, -0.25) is 4.79 Å². The fourth-order valence-electron chi connectivity index (χ4n) is 5.02. The molecule has 0 N–H and O–H groups in total.